The fourth-order valence-corrected chi connectivity index (χ4v) is 4.42. The lowest BCUT2D eigenvalue weighted by molar-refractivity contribution is -0.117. The van der Waals surface area contributed by atoms with Gasteiger partial charge in [-0.15, -0.1) is 0 Å². The lowest BCUT2D eigenvalue weighted by atomic mass is 10.1. The first kappa shape index (κ1) is 23.4. The number of hydrogen-bond donors (Lipinski definition) is 1. The molecule has 2 heterocycles. The Kier molecular flexibility index (Phi) is 6.11. The Balaban J connectivity index is 1.56. The van der Waals surface area contributed by atoms with E-state index >= 15 is 0 Å². The third-order valence-corrected chi connectivity index (χ3v) is 6.59. The molecule has 8 nitrogen and oxygen atoms in total. The molecule has 0 radical (unpaired) electrons. The number of carbonyl (C=O) groups excluding carboxylic acids is 2. The van der Waals surface area contributed by atoms with Gasteiger partial charge in [-0.05, 0) is 67.6 Å². The van der Waals surface area contributed by atoms with Gasteiger partial charge >= 0.3 is 0 Å². The maximum atomic E-state index is 13.5. The number of sulfonamides is 1. The van der Waals surface area contributed by atoms with E-state index in [1.165, 1.54) is 42.5 Å². The smallest absolute Gasteiger partial charge is 0.280 e. The van der Waals surface area contributed by atoms with Gasteiger partial charge in [0.05, 0.1) is 26.9 Å². The van der Waals surface area contributed by atoms with Crippen molar-refractivity contribution in [1.82, 2.24) is 4.72 Å². The van der Waals surface area contributed by atoms with E-state index < -0.39 is 27.7 Å². The van der Waals surface area contributed by atoms with Crippen LogP contribution in [0.5, 0.6) is 0 Å². The first-order chi connectivity index (χ1) is 16.0. The molecule has 0 unspecified atom stereocenters. The Morgan fingerprint density at radius 2 is 1.85 bits per heavy atom. The molecule has 4 rings (SSSR count). The number of halogens is 2. The predicted octanol–water partition coefficient (Wildman–Crippen LogP) is 4.37. The minimum atomic E-state index is -3.94. The summed E-state index contributed by atoms with van der Waals surface area (Å²) in [5.41, 5.74) is 1.65. The summed E-state index contributed by atoms with van der Waals surface area (Å²) in [6.07, 6.45) is 1.53. The monoisotopic (exact) mass is 501 g/mol. The first-order valence-electron chi connectivity index (χ1n) is 9.85. The first-order valence-corrected chi connectivity index (χ1v) is 11.7. The van der Waals surface area contributed by atoms with Gasteiger partial charge in [-0.25, -0.2) is 17.5 Å². The molecule has 3 aromatic rings. The molecule has 0 atom stereocenters. The molecule has 2 amide bonds. The van der Waals surface area contributed by atoms with E-state index in [2.05, 4.69) is 5.10 Å². The molecule has 1 N–H and O–H groups in total. The fourth-order valence-electron chi connectivity index (χ4n) is 3.25. The van der Waals surface area contributed by atoms with Gasteiger partial charge in [-0.3, -0.25) is 9.59 Å². The van der Waals surface area contributed by atoms with E-state index in [-0.39, 0.29) is 15.5 Å². The molecule has 0 fully saturated rings. The van der Waals surface area contributed by atoms with Crippen LogP contribution < -0.4 is 9.73 Å². The summed E-state index contributed by atoms with van der Waals surface area (Å²) < 4.78 is 45.3. The Hall–Kier alpha value is -3.76. The third kappa shape index (κ3) is 4.63. The molecule has 0 spiro atoms. The zero-order valence-corrected chi connectivity index (χ0v) is 19.4. The van der Waals surface area contributed by atoms with Gasteiger partial charge < -0.3 is 4.42 Å². The number of rotatable bonds is 5. The molecule has 11 heteroatoms. The highest BCUT2D eigenvalue weighted by atomic mass is 35.5. The number of nitrogens with zero attached hydrogens (tertiary/aromatic N) is 2. The van der Waals surface area contributed by atoms with E-state index in [1.54, 1.807) is 19.1 Å². The van der Waals surface area contributed by atoms with E-state index in [1.807, 2.05) is 4.72 Å². The molecule has 0 aliphatic carbocycles. The van der Waals surface area contributed by atoms with Gasteiger partial charge in [0.25, 0.3) is 15.9 Å². The van der Waals surface area contributed by atoms with Crippen molar-refractivity contribution in [1.29, 1.82) is 0 Å². The maximum absolute atomic E-state index is 13.5. The number of carbonyl (C=O) groups is 2. The molecule has 1 aliphatic rings. The number of hydrazone groups is 1. The third-order valence-electron chi connectivity index (χ3n) is 4.85. The Labute approximate surface area is 199 Å². The summed E-state index contributed by atoms with van der Waals surface area (Å²) in [7, 11) is -3.94. The number of furan rings is 1. The highest BCUT2D eigenvalue weighted by molar-refractivity contribution is 7.90. The minimum absolute atomic E-state index is 0.0651. The summed E-state index contributed by atoms with van der Waals surface area (Å²) in [6, 6.07) is 13.0. The molecule has 0 saturated heterocycles. The van der Waals surface area contributed by atoms with Crippen LogP contribution in [0.1, 0.15) is 19.6 Å². The van der Waals surface area contributed by atoms with Crippen molar-refractivity contribution in [3.05, 3.63) is 76.8 Å². The van der Waals surface area contributed by atoms with Crippen molar-refractivity contribution in [2.45, 2.75) is 18.7 Å². The normalized spacial score (nSPS) is 15.1. The summed E-state index contributed by atoms with van der Waals surface area (Å²) in [6.45, 7) is 2.77. The molecule has 1 aromatic heterocycles. The second-order valence-electron chi connectivity index (χ2n) is 7.35. The van der Waals surface area contributed by atoms with Crippen molar-refractivity contribution in [3.63, 3.8) is 0 Å². The number of nitrogens with one attached hydrogen (secondary N) is 1. The Morgan fingerprint density at radius 1 is 1.15 bits per heavy atom. The van der Waals surface area contributed by atoms with Gasteiger partial charge in [0.2, 0.25) is 5.91 Å². The lowest BCUT2D eigenvalue weighted by Crippen LogP contribution is -2.28. The van der Waals surface area contributed by atoms with Gasteiger partial charge in [0.1, 0.15) is 17.3 Å². The van der Waals surface area contributed by atoms with Crippen molar-refractivity contribution in [3.8, 4) is 11.3 Å². The van der Waals surface area contributed by atoms with Crippen molar-refractivity contribution < 1.29 is 26.8 Å². The lowest BCUT2D eigenvalue weighted by Gasteiger charge is -2.12. The molecule has 34 heavy (non-hydrogen) atoms. The van der Waals surface area contributed by atoms with Crippen LogP contribution in [-0.4, -0.2) is 25.9 Å². The van der Waals surface area contributed by atoms with E-state index in [4.69, 9.17) is 16.0 Å². The number of benzene rings is 2. The van der Waals surface area contributed by atoms with Gasteiger partial charge in [0, 0.05) is 12.5 Å². The topological polar surface area (TPSA) is 109 Å². The van der Waals surface area contributed by atoms with Crippen molar-refractivity contribution >= 4 is 50.9 Å². The zero-order valence-electron chi connectivity index (χ0n) is 17.9. The van der Waals surface area contributed by atoms with Crippen LogP contribution in [0.25, 0.3) is 17.4 Å². The Morgan fingerprint density at radius 3 is 2.50 bits per heavy atom. The van der Waals surface area contributed by atoms with Gasteiger partial charge in [-0.2, -0.15) is 10.1 Å². The van der Waals surface area contributed by atoms with Crippen molar-refractivity contribution in [2.75, 3.05) is 5.01 Å². The van der Waals surface area contributed by atoms with Gasteiger partial charge in [0.15, 0.2) is 0 Å². The minimum Gasteiger partial charge on any atom is -0.457 e. The quantitative estimate of drug-likeness (QED) is 0.522. The van der Waals surface area contributed by atoms with E-state index in [9.17, 15) is 22.4 Å². The molecule has 1 aliphatic heterocycles. The highest BCUT2D eigenvalue weighted by Crippen LogP contribution is 2.30. The summed E-state index contributed by atoms with van der Waals surface area (Å²) >= 11 is 5.82. The molecule has 174 valence electrons. The molecule has 2 aromatic carbocycles. The van der Waals surface area contributed by atoms with Gasteiger partial charge in [-0.1, -0.05) is 11.6 Å². The number of hydrogen-bond acceptors (Lipinski definition) is 6. The molecule has 0 saturated carbocycles. The molecular weight excluding hydrogens is 485 g/mol. The maximum Gasteiger partial charge on any atom is 0.280 e. The van der Waals surface area contributed by atoms with Crippen molar-refractivity contribution in [2.24, 2.45) is 5.10 Å². The number of anilines is 1. The van der Waals surface area contributed by atoms with Crippen LogP contribution in [0.15, 0.2) is 74.6 Å². The summed E-state index contributed by atoms with van der Waals surface area (Å²) in [5.74, 6) is -0.892. The van der Waals surface area contributed by atoms with Crippen LogP contribution >= 0.6 is 11.6 Å². The number of amides is 2. The SMILES string of the molecule is CC(=O)NS(=O)(=O)c1ccc(-c2ccc(C=C3C(=O)N(c4ccc(F)c(Cl)c4)N=C3C)o2)cc1. The average Bonchev–Trinajstić information content (AvgIpc) is 3.35. The second kappa shape index (κ2) is 8.88. The average molecular weight is 502 g/mol. The standard InChI is InChI=1S/C23H17ClFN3O5S/c1-13-19(23(30)28(26-13)16-5-9-21(25)20(24)11-16)12-17-6-10-22(33-17)15-3-7-18(8-4-15)34(31,32)27-14(2)29/h3-12H,1-2H3,(H,27,29). The highest BCUT2D eigenvalue weighted by Gasteiger charge is 2.29. The van der Waals surface area contributed by atoms with E-state index in [0.29, 0.717) is 28.5 Å². The molecule has 0 bridgehead atoms. The summed E-state index contributed by atoms with van der Waals surface area (Å²) in [4.78, 5) is 23.9. The molecular formula is C23H17ClFN3O5S. The van der Waals surface area contributed by atoms with Crippen LogP contribution in [0.2, 0.25) is 5.02 Å². The van der Waals surface area contributed by atoms with E-state index in [0.717, 1.165) is 18.0 Å². The van der Waals surface area contributed by atoms with Crippen LogP contribution in [-0.2, 0) is 19.6 Å². The zero-order chi connectivity index (χ0) is 24.6. The van der Waals surface area contributed by atoms with Crippen LogP contribution in [0.4, 0.5) is 10.1 Å². The predicted molar refractivity (Wildman–Crippen MR) is 125 cm³/mol. The van der Waals surface area contributed by atoms with Crippen LogP contribution in [0, 0.1) is 5.82 Å². The summed E-state index contributed by atoms with van der Waals surface area (Å²) in [5, 5.41) is 5.24. The fraction of sp³-hybridized carbons (Fsp3) is 0.0870. The van der Waals surface area contributed by atoms with Crippen LogP contribution in [0.3, 0.4) is 0 Å². The largest absolute Gasteiger partial charge is 0.457 e. The second-order valence-corrected chi connectivity index (χ2v) is 9.44. The Bertz CT molecular complexity index is 1480.